The minimum atomic E-state index is -1.05. The van der Waals surface area contributed by atoms with Crippen LogP contribution in [0.5, 0.6) is 5.75 Å². The van der Waals surface area contributed by atoms with E-state index in [0.29, 0.717) is 17.9 Å². The van der Waals surface area contributed by atoms with Gasteiger partial charge in [0.25, 0.3) is 0 Å². The van der Waals surface area contributed by atoms with Crippen molar-refractivity contribution >= 4 is 8.80 Å². The predicted octanol–water partition coefficient (Wildman–Crippen LogP) is 9.02. The number of benzene rings is 3. The van der Waals surface area contributed by atoms with E-state index in [1.165, 1.54) is 62.4 Å². The zero-order chi connectivity index (χ0) is 25.3. The Morgan fingerprint density at radius 2 is 1.56 bits per heavy atom. The van der Waals surface area contributed by atoms with Crippen LogP contribution in [0.3, 0.4) is 0 Å². The smallest absolute Gasteiger partial charge is 0.228 e. The van der Waals surface area contributed by atoms with Crippen LogP contribution >= 0.6 is 0 Å². The van der Waals surface area contributed by atoms with E-state index in [1.807, 2.05) is 30.3 Å². The molecule has 0 spiro atoms. The van der Waals surface area contributed by atoms with E-state index in [1.54, 1.807) is 12.1 Å². The van der Waals surface area contributed by atoms with E-state index in [0.717, 1.165) is 28.7 Å². The van der Waals surface area contributed by atoms with Crippen molar-refractivity contribution in [3.8, 4) is 16.9 Å². The molecule has 1 fully saturated rings. The monoisotopic (exact) mass is 510 g/mol. The molecule has 1 saturated heterocycles. The Kier molecular flexibility index (Phi) is 9.68. The van der Waals surface area contributed by atoms with Gasteiger partial charge in [-0.3, -0.25) is 0 Å². The second-order valence-corrected chi connectivity index (χ2v) is 13.6. The highest BCUT2D eigenvalue weighted by Crippen LogP contribution is 2.37. The molecule has 0 atom stereocenters. The van der Waals surface area contributed by atoms with Crippen molar-refractivity contribution in [3.05, 3.63) is 89.0 Å². The van der Waals surface area contributed by atoms with Gasteiger partial charge in [0.05, 0.1) is 0 Å². The highest BCUT2D eigenvalue weighted by atomic mass is 28.3. The van der Waals surface area contributed by atoms with E-state index < -0.39 is 21.5 Å². The Balaban J connectivity index is 1.32. The van der Waals surface area contributed by atoms with Gasteiger partial charge >= 0.3 is 0 Å². The number of halogens is 3. The number of unbranched alkanes of at least 4 members (excludes halogenated alkanes) is 2. The van der Waals surface area contributed by atoms with Gasteiger partial charge in [0.2, 0.25) is 6.86 Å². The average molecular weight is 511 g/mol. The van der Waals surface area contributed by atoms with Crippen molar-refractivity contribution in [3.63, 3.8) is 0 Å². The van der Waals surface area contributed by atoms with E-state index in [2.05, 4.69) is 17.7 Å². The molecule has 0 aliphatic carbocycles. The Bertz CT molecular complexity index is 1110. The van der Waals surface area contributed by atoms with Crippen LogP contribution in [0.2, 0.25) is 18.1 Å². The lowest BCUT2D eigenvalue weighted by atomic mass is 9.91. The fraction of sp³-hybridized carbons (Fsp3) is 0.419. The Morgan fingerprint density at radius 1 is 0.833 bits per heavy atom. The van der Waals surface area contributed by atoms with Crippen molar-refractivity contribution in [1.82, 2.24) is 0 Å². The van der Waals surface area contributed by atoms with E-state index in [-0.39, 0.29) is 11.6 Å². The number of alkyl halides is 1. The molecule has 192 valence electrons. The minimum absolute atomic E-state index is 0.0735. The summed E-state index contributed by atoms with van der Waals surface area (Å²) < 4.78 is 45.9. The van der Waals surface area contributed by atoms with Gasteiger partial charge in [-0.05, 0) is 72.1 Å². The lowest BCUT2D eigenvalue weighted by molar-refractivity contribution is 0.184. The first kappa shape index (κ1) is 26.5. The quantitative estimate of drug-likeness (QED) is 0.185. The molecule has 5 heteroatoms. The van der Waals surface area contributed by atoms with Crippen LogP contribution in [-0.4, -0.2) is 15.7 Å². The molecule has 0 amide bonds. The van der Waals surface area contributed by atoms with Crippen LogP contribution in [0.25, 0.3) is 11.1 Å². The summed E-state index contributed by atoms with van der Waals surface area (Å²) in [6.45, 7) is 1.22. The lowest BCUT2D eigenvalue weighted by Crippen LogP contribution is -2.20. The van der Waals surface area contributed by atoms with Crippen LogP contribution in [0.1, 0.15) is 61.6 Å². The summed E-state index contributed by atoms with van der Waals surface area (Å²) in [5.74, 6) is -0.265. The number of rotatable bonds is 11. The average Bonchev–Trinajstić information content (AvgIpc) is 2.90. The van der Waals surface area contributed by atoms with E-state index in [4.69, 9.17) is 0 Å². The molecule has 0 N–H and O–H groups in total. The fourth-order valence-corrected chi connectivity index (χ4v) is 8.98. The van der Waals surface area contributed by atoms with Gasteiger partial charge in [0.1, 0.15) is 5.82 Å². The molecule has 0 bridgehead atoms. The molecule has 36 heavy (non-hydrogen) atoms. The van der Waals surface area contributed by atoms with Crippen LogP contribution < -0.4 is 4.74 Å². The summed E-state index contributed by atoms with van der Waals surface area (Å²) in [5.41, 5.74) is 4.58. The minimum Gasteiger partial charge on any atom is -0.460 e. The molecule has 1 heterocycles. The van der Waals surface area contributed by atoms with Crippen LogP contribution in [0.15, 0.2) is 60.7 Å². The zero-order valence-corrected chi connectivity index (χ0v) is 22.4. The third kappa shape index (κ3) is 7.03. The maximum Gasteiger partial charge on any atom is 0.228 e. The van der Waals surface area contributed by atoms with Crippen LogP contribution in [0.4, 0.5) is 13.2 Å². The first-order chi connectivity index (χ1) is 17.6. The van der Waals surface area contributed by atoms with Crippen molar-refractivity contribution in [2.75, 3.05) is 6.86 Å². The maximum absolute atomic E-state index is 15.1. The van der Waals surface area contributed by atoms with Gasteiger partial charge in [-0.15, -0.1) is 0 Å². The molecule has 0 saturated carbocycles. The van der Waals surface area contributed by atoms with E-state index in [9.17, 15) is 8.78 Å². The summed E-state index contributed by atoms with van der Waals surface area (Å²) in [4.78, 5) is 0. The van der Waals surface area contributed by atoms with Gasteiger partial charge in [-0.2, -0.15) is 0 Å². The SMILES string of the molecule is CCCCC[Si@H]1CC[C@H](c2ccc(-c3ccc(CCc4ccc(OCF)c(F)c4)cc3)c(F)c2)CC1. The summed E-state index contributed by atoms with van der Waals surface area (Å²) in [6.07, 6.45) is 7.91. The molecule has 3 aromatic rings. The second-order valence-electron chi connectivity index (χ2n) is 10.2. The molecule has 1 aliphatic heterocycles. The van der Waals surface area contributed by atoms with Gasteiger partial charge in [-0.1, -0.05) is 86.8 Å². The third-order valence-corrected chi connectivity index (χ3v) is 11.2. The van der Waals surface area contributed by atoms with Crippen LogP contribution in [-0.2, 0) is 12.8 Å². The van der Waals surface area contributed by atoms with Gasteiger partial charge in [-0.25, -0.2) is 13.2 Å². The molecule has 0 radical (unpaired) electrons. The van der Waals surface area contributed by atoms with Gasteiger partial charge in [0, 0.05) is 14.4 Å². The lowest BCUT2D eigenvalue weighted by Gasteiger charge is -2.28. The zero-order valence-electron chi connectivity index (χ0n) is 21.2. The molecule has 3 aromatic carbocycles. The molecule has 1 nitrogen and oxygen atoms in total. The molecular weight excluding hydrogens is 473 g/mol. The van der Waals surface area contributed by atoms with Crippen LogP contribution in [0, 0.1) is 11.6 Å². The predicted molar refractivity (Wildman–Crippen MR) is 145 cm³/mol. The first-order valence-electron chi connectivity index (χ1n) is 13.4. The second kappa shape index (κ2) is 13.1. The molecule has 0 unspecified atom stereocenters. The largest absolute Gasteiger partial charge is 0.460 e. The van der Waals surface area contributed by atoms with Gasteiger partial charge < -0.3 is 4.74 Å². The maximum atomic E-state index is 15.1. The normalized spacial score (nSPS) is 17.8. The Hall–Kier alpha value is -2.53. The topological polar surface area (TPSA) is 9.23 Å². The van der Waals surface area contributed by atoms with Gasteiger partial charge in [0.15, 0.2) is 11.6 Å². The molecule has 4 rings (SSSR count). The van der Waals surface area contributed by atoms with Crippen molar-refractivity contribution in [2.24, 2.45) is 0 Å². The highest BCUT2D eigenvalue weighted by Gasteiger charge is 2.23. The standard InChI is InChI=1S/C31H37F3OSi/c1-2-3-4-17-36-18-15-25(16-19-36)27-12-13-28(29(33)21-27)26-10-7-23(8-11-26)5-6-24-9-14-31(35-22-32)30(34)20-24/h7-14,20-21,25,36H,2-6,15-19,22H2,1H3/t25-,36-. The summed E-state index contributed by atoms with van der Waals surface area (Å²) in [5, 5.41) is 0. The van der Waals surface area contributed by atoms with E-state index >= 15 is 4.39 Å². The number of hydrogen-bond donors (Lipinski definition) is 0. The summed E-state index contributed by atoms with van der Waals surface area (Å²) in [7, 11) is -0.562. The molecule has 0 aromatic heterocycles. The number of aryl methyl sites for hydroxylation is 2. The third-order valence-electron chi connectivity index (χ3n) is 7.70. The van der Waals surface area contributed by atoms with Crippen molar-refractivity contribution < 1.29 is 17.9 Å². The fourth-order valence-electron chi connectivity index (χ4n) is 5.50. The number of hydrogen-bond acceptors (Lipinski definition) is 1. The number of ether oxygens (including phenoxy) is 1. The molecular formula is C31H37F3OSi. The Morgan fingerprint density at radius 3 is 2.22 bits per heavy atom. The van der Waals surface area contributed by atoms with Crippen molar-refractivity contribution in [2.45, 2.75) is 75.9 Å². The summed E-state index contributed by atoms with van der Waals surface area (Å²) in [6, 6.07) is 22.6. The molecule has 1 aliphatic rings. The van der Waals surface area contributed by atoms with Crippen molar-refractivity contribution in [1.29, 1.82) is 0 Å². The first-order valence-corrected chi connectivity index (χ1v) is 15.9. The highest BCUT2D eigenvalue weighted by molar-refractivity contribution is 6.59. The Labute approximate surface area is 215 Å². The summed E-state index contributed by atoms with van der Waals surface area (Å²) >= 11 is 0.